The standard InChI is InChI=1S/C13H16BrFN4O/c1-2-19(8-12-17-13(6-16)20-18-12)7-9-5-10(14)3-4-11(9)15/h3-5H,2,6-8,16H2,1H3. The Labute approximate surface area is 125 Å². The normalized spacial score (nSPS) is 11.2. The van der Waals surface area contributed by atoms with Crippen LogP contribution in [0.3, 0.4) is 0 Å². The van der Waals surface area contributed by atoms with Crippen LogP contribution in [0.1, 0.15) is 24.2 Å². The first-order valence-corrected chi connectivity index (χ1v) is 7.09. The molecule has 0 fully saturated rings. The minimum absolute atomic E-state index is 0.220. The van der Waals surface area contributed by atoms with Crippen molar-refractivity contribution in [3.8, 4) is 0 Å². The Morgan fingerprint density at radius 3 is 2.85 bits per heavy atom. The number of hydrogen-bond acceptors (Lipinski definition) is 5. The highest BCUT2D eigenvalue weighted by Gasteiger charge is 2.12. The van der Waals surface area contributed by atoms with Crippen LogP contribution in [0.2, 0.25) is 0 Å². The third-order valence-electron chi connectivity index (χ3n) is 2.90. The first-order valence-electron chi connectivity index (χ1n) is 6.30. The Balaban J connectivity index is 2.06. The molecule has 7 heteroatoms. The van der Waals surface area contributed by atoms with E-state index in [4.69, 9.17) is 10.3 Å². The lowest BCUT2D eigenvalue weighted by Gasteiger charge is -2.19. The molecule has 1 aromatic heterocycles. The van der Waals surface area contributed by atoms with Crippen molar-refractivity contribution in [3.63, 3.8) is 0 Å². The SMILES string of the molecule is CCN(Cc1noc(CN)n1)Cc1cc(Br)ccc1F. The third kappa shape index (κ3) is 3.84. The quantitative estimate of drug-likeness (QED) is 0.873. The van der Waals surface area contributed by atoms with Crippen molar-refractivity contribution in [3.05, 3.63) is 45.8 Å². The lowest BCUT2D eigenvalue weighted by molar-refractivity contribution is 0.255. The van der Waals surface area contributed by atoms with E-state index in [9.17, 15) is 4.39 Å². The molecular weight excluding hydrogens is 327 g/mol. The van der Waals surface area contributed by atoms with E-state index in [2.05, 4.69) is 26.1 Å². The van der Waals surface area contributed by atoms with Crippen LogP contribution >= 0.6 is 15.9 Å². The van der Waals surface area contributed by atoms with Crippen molar-refractivity contribution >= 4 is 15.9 Å². The minimum Gasteiger partial charge on any atom is -0.338 e. The Morgan fingerprint density at radius 2 is 2.20 bits per heavy atom. The highest BCUT2D eigenvalue weighted by molar-refractivity contribution is 9.10. The number of nitrogens with zero attached hydrogens (tertiary/aromatic N) is 3. The summed E-state index contributed by atoms with van der Waals surface area (Å²) in [6, 6.07) is 4.91. The van der Waals surface area contributed by atoms with Gasteiger partial charge in [-0.1, -0.05) is 28.0 Å². The minimum atomic E-state index is -0.220. The molecule has 0 atom stereocenters. The van der Waals surface area contributed by atoms with Gasteiger partial charge < -0.3 is 10.3 Å². The van der Waals surface area contributed by atoms with Gasteiger partial charge >= 0.3 is 0 Å². The van der Waals surface area contributed by atoms with Gasteiger partial charge in [0.15, 0.2) is 5.82 Å². The second-order valence-electron chi connectivity index (χ2n) is 4.35. The molecule has 0 aliphatic carbocycles. The summed E-state index contributed by atoms with van der Waals surface area (Å²) in [6.45, 7) is 3.94. The van der Waals surface area contributed by atoms with Crippen LogP contribution in [0.5, 0.6) is 0 Å². The summed E-state index contributed by atoms with van der Waals surface area (Å²) in [5, 5.41) is 3.85. The highest BCUT2D eigenvalue weighted by Crippen LogP contribution is 2.18. The Morgan fingerprint density at radius 1 is 1.40 bits per heavy atom. The lowest BCUT2D eigenvalue weighted by Crippen LogP contribution is -2.23. The molecule has 0 unspecified atom stereocenters. The van der Waals surface area contributed by atoms with E-state index in [0.29, 0.717) is 30.4 Å². The zero-order valence-corrected chi connectivity index (χ0v) is 12.7. The van der Waals surface area contributed by atoms with Crippen LogP contribution < -0.4 is 5.73 Å². The number of hydrogen-bond donors (Lipinski definition) is 1. The van der Waals surface area contributed by atoms with Gasteiger partial charge in [0.05, 0.1) is 13.1 Å². The molecule has 108 valence electrons. The largest absolute Gasteiger partial charge is 0.338 e. The van der Waals surface area contributed by atoms with Crippen molar-refractivity contribution in [2.45, 2.75) is 26.6 Å². The van der Waals surface area contributed by atoms with Crippen LogP contribution in [0.15, 0.2) is 27.2 Å². The molecule has 2 rings (SSSR count). The molecule has 0 saturated heterocycles. The smallest absolute Gasteiger partial charge is 0.240 e. The van der Waals surface area contributed by atoms with Gasteiger partial charge in [0.25, 0.3) is 0 Å². The molecule has 0 bridgehead atoms. The van der Waals surface area contributed by atoms with Crippen molar-refractivity contribution < 1.29 is 8.91 Å². The summed E-state index contributed by atoms with van der Waals surface area (Å²) in [6.07, 6.45) is 0. The number of nitrogens with two attached hydrogens (primary N) is 1. The first-order chi connectivity index (χ1) is 9.62. The average Bonchev–Trinajstić information content (AvgIpc) is 2.89. The first kappa shape index (κ1) is 15.1. The second kappa shape index (κ2) is 6.92. The molecule has 0 aliphatic heterocycles. The zero-order chi connectivity index (χ0) is 14.5. The highest BCUT2D eigenvalue weighted by atomic mass is 79.9. The van der Waals surface area contributed by atoms with E-state index < -0.39 is 0 Å². The van der Waals surface area contributed by atoms with Crippen molar-refractivity contribution in [2.24, 2.45) is 5.73 Å². The summed E-state index contributed by atoms with van der Waals surface area (Å²) in [7, 11) is 0. The summed E-state index contributed by atoms with van der Waals surface area (Å²) in [5.74, 6) is 0.745. The molecule has 0 amide bonds. The van der Waals surface area contributed by atoms with Gasteiger partial charge in [0, 0.05) is 16.6 Å². The van der Waals surface area contributed by atoms with E-state index in [-0.39, 0.29) is 12.4 Å². The van der Waals surface area contributed by atoms with Gasteiger partial charge in [-0.3, -0.25) is 4.90 Å². The van der Waals surface area contributed by atoms with Crippen LogP contribution in [-0.2, 0) is 19.6 Å². The van der Waals surface area contributed by atoms with Crippen LogP contribution in [0, 0.1) is 5.82 Å². The van der Waals surface area contributed by atoms with Crippen LogP contribution in [0.4, 0.5) is 4.39 Å². The maximum absolute atomic E-state index is 13.7. The number of aromatic nitrogens is 2. The van der Waals surface area contributed by atoms with E-state index in [1.165, 1.54) is 6.07 Å². The topological polar surface area (TPSA) is 68.2 Å². The molecular formula is C13H16BrFN4O. The van der Waals surface area contributed by atoms with Gasteiger partial charge in [-0.15, -0.1) is 0 Å². The van der Waals surface area contributed by atoms with Crippen LogP contribution in [0.25, 0.3) is 0 Å². The maximum Gasteiger partial charge on any atom is 0.240 e. The van der Waals surface area contributed by atoms with Gasteiger partial charge in [0.2, 0.25) is 5.89 Å². The Kier molecular flexibility index (Phi) is 5.22. The molecule has 20 heavy (non-hydrogen) atoms. The zero-order valence-electron chi connectivity index (χ0n) is 11.1. The maximum atomic E-state index is 13.7. The Bertz CT molecular complexity index is 575. The number of rotatable bonds is 6. The summed E-state index contributed by atoms with van der Waals surface area (Å²) in [5.41, 5.74) is 6.05. The fourth-order valence-corrected chi connectivity index (χ4v) is 2.23. The molecule has 0 radical (unpaired) electrons. The predicted molar refractivity (Wildman–Crippen MR) is 76.1 cm³/mol. The van der Waals surface area contributed by atoms with E-state index in [1.807, 2.05) is 11.8 Å². The predicted octanol–water partition coefficient (Wildman–Crippen LogP) is 2.45. The third-order valence-corrected chi connectivity index (χ3v) is 3.39. The molecule has 1 aromatic carbocycles. The molecule has 5 nitrogen and oxygen atoms in total. The summed E-state index contributed by atoms with van der Waals surface area (Å²) in [4.78, 5) is 6.17. The van der Waals surface area contributed by atoms with Crippen LogP contribution in [-0.4, -0.2) is 21.6 Å². The molecule has 0 spiro atoms. The van der Waals surface area contributed by atoms with E-state index in [1.54, 1.807) is 12.1 Å². The van der Waals surface area contributed by atoms with Gasteiger partial charge in [-0.25, -0.2) is 4.39 Å². The fourth-order valence-electron chi connectivity index (χ4n) is 1.82. The number of halogens is 2. The molecule has 2 N–H and O–H groups in total. The number of benzene rings is 1. The fraction of sp³-hybridized carbons (Fsp3) is 0.385. The molecule has 0 aliphatic rings. The molecule has 0 saturated carbocycles. The van der Waals surface area contributed by atoms with E-state index in [0.717, 1.165) is 11.0 Å². The van der Waals surface area contributed by atoms with Gasteiger partial charge in [-0.2, -0.15) is 4.98 Å². The molecule has 1 heterocycles. The van der Waals surface area contributed by atoms with Crippen molar-refractivity contribution in [1.82, 2.24) is 15.0 Å². The lowest BCUT2D eigenvalue weighted by atomic mass is 10.2. The monoisotopic (exact) mass is 342 g/mol. The average molecular weight is 343 g/mol. The molecule has 2 aromatic rings. The van der Waals surface area contributed by atoms with Crippen molar-refractivity contribution in [1.29, 1.82) is 0 Å². The Hall–Kier alpha value is -1.31. The second-order valence-corrected chi connectivity index (χ2v) is 5.26. The van der Waals surface area contributed by atoms with E-state index >= 15 is 0 Å². The van der Waals surface area contributed by atoms with Crippen molar-refractivity contribution in [2.75, 3.05) is 6.54 Å². The summed E-state index contributed by atoms with van der Waals surface area (Å²) >= 11 is 3.35. The van der Waals surface area contributed by atoms with Gasteiger partial charge in [-0.05, 0) is 24.7 Å². The summed E-state index contributed by atoms with van der Waals surface area (Å²) < 4.78 is 19.6. The van der Waals surface area contributed by atoms with Gasteiger partial charge in [0.1, 0.15) is 5.82 Å².